The number of rotatable bonds is 12. The van der Waals surface area contributed by atoms with Crippen molar-refractivity contribution in [2.75, 3.05) is 0 Å². The fraction of sp³-hybridized carbons (Fsp3) is 0.765. The molecule has 0 rings (SSSR count). The summed E-state index contributed by atoms with van der Waals surface area (Å²) < 4.78 is 0. The first-order valence-corrected chi connectivity index (χ1v) is 8.81. The molecule has 0 spiro atoms. The Balaban J connectivity index is 5.08. The van der Waals surface area contributed by atoms with Gasteiger partial charge in [0.2, 0.25) is 17.7 Å². The Bertz CT molecular complexity index is 507. The highest BCUT2D eigenvalue weighted by Gasteiger charge is 2.28. The van der Waals surface area contributed by atoms with Crippen LogP contribution in [-0.2, 0) is 19.2 Å². The number of nitrogens with two attached hydrogens (primary N) is 2. The minimum absolute atomic E-state index is 0.0324. The van der Waals surface area contributed by atoms with Crippen molar-refractivity contribution < 1.29 is 24.3 Å². The Morgan fingerprint density at radius 3 is 1.81 bits per heavy atom. The SMILES string of the molecule is CC(C)C[C@H](NC(=O)[C@H](CCC(N)=O)NC(=O)[C@@H](N)CC(C)C)C(=O)O. The van der Waals surface area contributed by atoms with Gasteiger partial charge in [0.05, 0.1) is 6.04 Å². The van der Waals surface area contributed by atoms with Crippen LogP contribution in [0.4, 0.5) is 0 Å². The topological polar surface area (TPSA) is 165 Å². The summed E-state index contributed by atoms with van der Waals surface area (Å²) in [6.07, 6.45) is 0.514. The molecule has 3 amide bonds. The molecule has 0 aliphatic carbocycles. The summed E-state index contributed by atoms with van der Waals surface area (Å²) in [5.74, 6) is -2.75. The maximum Gasteiger partial charge on any atom is 0.326 e. The summed E-state index contributed by atoms with van der Waals surface area (Å²) in [4.78, 5) is 47.0. The summed E-state index contributed by atoms with van der Waals surface area (Å²) in [7, 11) is 0. The van der Waals surface area contributed by atoms with Crippen molar-refractivity contribution in [3.8, 4) is 0 Å². The number of carboxylic acid groups (broad SMARTS) is 1. The van der Waals surface area contributed by atoms with Gasteiger partial charge < -0.3 is 27.2 Å². The largest absolute Gasteiger partial charge is 0.480 e. The molecule has 3 atom stereocenters. The normalized spacial score (nSPS) is 14.6. The predicted octanol–water partition coefficient (Wildman–Crippen LogP) is -0.274. The van der Waals surface area contributed by atoms with E-state index in [1.165, 1.54) is 0 Å². The van der Waals surface area contributed by atoms with Crippen molar-refractivity contribution in [3.63, 3.8) is 0 Å². The summed E-state index contributed by atoms with van der Waals surface area (Å²) >= 11 is 0. The third kappa shape index (κ3) is 9.97. The molecule has 9 nitrogen and oxygen atoms in total. The van der Waals surface area contributed by atoms with Gasteiger partial charge in [0.1, 0.15) is 12.1 Å². The summed E-state index contributed by atoms with van der Waals surface area (Å²) in [5, 5.41) is 14.2. The lowest BCUT2D eigenvalue weighted by atomic mass is 10.0. The van der Waals surface area contributed by atoms with Crippen molar-refractivity contribution in [2.24, 2.45) is 23.3 Å². The molecule has 9 heteroatoms. The second kappa shape index (κ2) is 11.5. The summed E-state index contributed by atoms with van der Waals surface area (Å²) in [6, 6.07) is -2.97. The molecule has 0 aromatic carbocycles. The van der Waals surface area contributed by atoms with E-state index in [-0.39, 0.29) is 31.1 Å². The van der Waals surface area contributed by atoms with Gasteiger partial charge in [-0.05, 0) is 31.1 Å². The minimum atomic E-state index is -1.16. The Hall–Kier alpha value is -2.16. The lowest BCUT2D eigenvalue weighted by Gasteiger charge is -2.23. The number of carbonyl (C=O) groups is 4. The van der Waals surface area contributed by atoms with Gasteiger partial charge in [-0.1, -0.05) is 27.7 Å². The van der Waals surface area contributed by atoms with Crippen LogP contribution in [0.1, 0.15) is 53.4 Å². The first-order valence-electron chi connectivity index (χ1n) is 8.81. The van der Waals surface area contributed by atoms with Gasteiger partial charge in [-0.3, -0.25) is 14.4 Å². The molecule has 0 aromatic rings. The third-order valence-electron chi connectivity index (χ3n) is 3.70. The molecule has 0 radical (unpaired) electrons. The van der Waals surface area contributed by atoms with Crippen molar-refractivity contribution in [1.82, 2.24) is 10.6 Å². The van der Waals surface area contributed by atoms with E-state index in [4.69, 9.17) is 11.5 Å². The molecular weight excluding hydrogens is 340 g/mol. The van der Waals surface area contributed by atoms with E-state index in [0.29, 0.717) is 6.42 Å². The van der Waals surface area contributed by atoms with Gasteiger partial charge in [0.25, 0.3) is 0 Å². The van der Waals surface area contributed by atoms with Crippen molar-refractivity contribution in [3.05, 3.63) is 0 Å². The van der Waals surface area contributed by atoms with Gasteiger partial charge >= 0.3 is 5.97 Å². The van der Waals surface area contributed by atoms with Crippen LogP contribution in [0.25, 0.3) is 0 Å². The van der Waals surface area contributed by atoms with Crippen LogP contribution in [0.5, 0.6) is 0 Å². The van der Waals surface area contributed by atoms with E-state index in [2.05, 4.69) is 10.6 Å². The molecule has 0 aromatic heterocycles. The van der Waals surface area contributed by atoms with Crippen molar-refractivity contribution in [1.29, 1.82) is 0 Å². The Labute approximate surface area is 154 Å². The van der Waals surface area contributed by atoms with Crippen LogP contribution >= 0.6 is 0 Å². The number of carboxylic acids is 1. The minimum Gasteiger partial charge on any atom is -0.480 e. The number of amides is 3. The lowest BCUT2D eigenvalue weighted by molar-refractivity contribution is -0.142. The molecular formula is C17H32N4O5. The number of primary amides is 1. The number of nitrogens with one attached hydrogen (secondary N) is 2. The molecule has 0 heterocycles. The van der Waals surface area contributed by atoms with Crippen LogP contribution in [0.15, 0.2) is 0 Å². The summed E-state index contributed by atoms with van der Waals surface area (Å²) in [5.41, 5.74) is 10.9. The zero-order chi connectivity index (χ0) is 20.4. The van der Waals surface area contributed by atoms with Crippen molar-refractivity contribution >= 4 is 23.7 Å². The second-order valence-electron chi connectivity index (χ2n) is 7.33. The van der Waals surface area contributed by atoms with Crippen molar-refractivity contribution in [2.45, 2.75) is 71.5 Å². The van der Waals surface area contributed by atoms with Gasteiger partial charge in [-0.15, -0.1) is 0 Å². The molecule has 150 valence electrons. The zero-order valence-corrected chi connectivity index (χ0v) is 16.0. The van der Waals surface area contributed by atoms with Gasteiger partial charge in [0.15, 0.2) is 0 Å². The lowest BCUT2D eigenvalue weighted by Crippen LogP contribution is -2.55. The molecule has 0 bridgehead atoms. The number of aliphatic carboxylic acids is 1. The third-order valence-corrected chi connectivity index (χ3v) is 3.70. The van der Waals surface area contributed by atoms with Crippen LogP contribution in [0, 0.1) is 11.8 Å². The van der Waals surface area contributed by atoms with E-state index in [0.717, 1.165) is 0 Å². The van der Waals surface area contributed by atoms with Gasteiger partial charge in [0, 0.05) is 6.42 Å². The van der Waals surface area contributed by atoms with Crippen LogP contribution in [0.3, 0.4) is 0 Å². The van der Waals surface area contributed by atoms with E-state index in [1.54, 1.807) is 0 Å². The first kappa shape index (κ1) is 23.8. The molecule has 0 unspecified atom stereocenters. The average molecular weight is 372 g/mol. The van der Waals surface area contributed by atoms with Crippen LogP contribution < -0.4 is 22.1 Å². The number of hydrogen-bond acceptors (Lipinski definition) is 5. The molecule has 0 saturated heterocycles. The monoisotopic (exact) mass is 372 g/mol. The fourth-order valence-corrected chi connectivity index (χ4v) is 2.41. The number of hydrogen-bond donors (Lipinski definition) is 5. The quantitative estimate of drug-likeness (QED) is 0.316. The zero-order valence-electron chi connectivity index (χ0n) is 16.0. The second-order valence-corrected chi connectivity index (χ2v) is 7.33. The molecule has 0 aliphatic rings. The van der Waals surface area contributed by atoms with E-state index in [1.807, 2.05) is 27.7 Å². The molecule has 0 fully saturated rings. The van der Waals surface area contributed by atoms with E-state index in [9.17, 15) is 24.3 Å². The smallest absolute Gasteiger partial charge is 0.326 e. The maximum absolute atomic E-state index is 12.5. The molecule has 0 saturated carbocycles. The molecule has 26 heavy (non-hydrogen) atoms. The molecule has 0 aliphatic heterocycles. The highest BCUT2D eigenvalue weighted by Crippen LogP contribution is 2.08. The maximum atomic E-state index is 12.5. The van der Waals surface area contributed by atoms with Crippen LogP contribution in [-0.4, -0.2) is 46.9 Å². The molecule has 7 N–H and O–H groups in total. The predicted molar refractivity (Wildman–Crippen MR) is 96.8 cm³/mol. The highest BCUT2D eigenvalue weighted by atomic mass is 16.4. The average Bonchev–Trinajstić information content (AvgIpc) is 2.48. The standard InChI is InChI=1S/C17H32N4O5/c1-9(2)7-11(18)15(23)20-12(5-6-14(19)22)16(24)21-13(17(25)26)8-10(3)4/h9-13H,5-8,18H2,1-4H3,(H2,19,22)(H,20,23)(H,21,24)(H,25,26)/t11-,12-,13-/m0/s1. The van der Waals surface area contributed by atoms with E-state index < -0.39 is 41.8 Å². The number of carbonyl (C=O) groups excluding carboxylic acids is 3. The Morgan fingerprint density at radius 1 is 0.885 bits per heavy atom. The Kier molecular flexibility index (Phi) is 10.5. The first-order chi connectivity index (χ1) is 11.9. The summed E-state index contributed by atoms with van der Waals surface area (Å²) in [6.45, 7) is 7.49. The van der Waals surface area contributed by atoms with Gasteiger partial charge in [-0.2, -0.15) is 0 Å². The Morgan fingerprint density at radius 2 is 1.38 bits per heavy atom. The highest BCUT2D eigenvalue weighted by molar-refractivity contribution is 5.92. The van der Waals surface area contributed by atoms with E-state index >= 15 is 0 Å². The van der Waals surface area contributed by atoms with Crippen LogP contribution in [0.2, 0.25) is 0 Å². The fourth-order valence-electron chi connectivity index (χ4n) is 2.41. The van der Waals surface area contributed by atoms with Gasteiger partial charge in [-0.25, -0.2) is 4.79 Å².